The fraction of sp³-hybridized carbons (Fsp3) is 0.405. The van der Waals surface area contributed by atoms with Crippen molar-refractivity contribution in [3.63, 3.8) is 0 Å². The van der Waals surface area contributed by atoms with Crippen molar-refractivity contribution in [3.05, 3.63) is 84.1 Å². The maximum Gasteiger partial charge on any atom is 0.264 e. The minimum atomic E-state index is -0.495. The van der Waals surface area contributed by atoms with E-state index in [4.69, 9.17) is 15.2 Å². The first-order chi connectivity index (χ1) is 23.7. The summed E-state index contributed by atoms with van der Waals surface area (Å²) in [7, 11) is 0. The van der Waals surface area contributed by atoms with Crippen molar-refractivity contribution in [3.8, 4) is 23.3 Å². The Morgan fingerprint density at radius 3 is 2.55 bits per heavy atom. The van der Waals surface area contributed by atoms with E-state index in [0.717, 1.165) is 57.8 Å². The zero-order valence-corrected chi connectivity index (χ0v) is 27.9. The van der Waals surface area contributed by atoms with E-state index in [-0.39, 0.29) is 28.9 Å². The molecule has 0 aliphatic carbocycles. The van der Waals surface area contributed by atoms with Crippen LogP contribution in [0.4, 0.5) is 10.2 Å². The Labute approximate surface area is 285 Å². The summed E-state index contributed by atoms with van der Waals surface area (Å²) in [5.74, 6) is 0.325. The van der Waals surface area contributed by atoms with Gasteiger partial charge in [-0.1, -0.05) is 18.2 Å². The molecule has 3 aliphatic rings. The number of nitriles is 1. The molecule has 3 fully saturated rings. The standard InChI is InChI=1S/C37H41FN8O3/c1-37(2,45-15-13-43(14-16-45)27-22-48-23-27)18-26(19-39)36(47)44-12-6-7-25(20-44)30-21-46(34-33(30)41-24-42-35(34)40)32-11-10-29(17-31(32)38)49-28-8-4-3-5-9-28/h3-5,8-11,17-18,21,24-25,27H,6-7,12-16,20,22-23H2,1-2H3,(H2,40,41,42)/b26-18-/t25-/m1/s1. The van der Waals surface area contributed by atoms with Gasteiger partial charge in [0.05, 0.1) is 30.5 Å². The smallest absolute Gasteiger partial charge is 0.264 e. The van der Waals surface area contributed by atoms with Gasteiger partial charge in [-0.15, -0.1) is 0 Å². The summed E-state index contributed by atoms with van der Waals surface area (Å²) in [6.45, 7) is 10.3. The molecule has 12 heteroatoms. The summed E-state index contributed by atoms with van der Waals surface area (Å²) in [5.41, 5.74) is 8.29. The maximum atomic E-state index is 15.7. The topological polar surface area (TPSA) is 126 Å². The Morgan fingerprint density at radius 2 is 1.86 bits per heavy atom. The fourth-order valence-electron chi connectivity index (χ4n) is 7.24. The number of fused-ring (bicyclic) bond motifs is 1. The van der Waals surface area contributed by atoms with E-state index in [1.54, 1.807) is 33.7 Å². The first-order valence-electron chi connectivity index (χ1n) is 16.8. The third-order valence-corrected chi connectivity index (χ3v) is 10.1. The molecule has 0 spiro atoms. The number of para-hydroxylation sites is 1. The Balaban J connectivity index is 1.11. The van der Waals surface area contributed by atoms with Gasteiger partial charge in [0.25, 0.3) is 5.91 Å². The summed E-state index contributed by atoms with van der Waals surface area (Å²) in [4.78, 5) is 29.2. The van der Waals surface area contributed by atoms with Crippen LogP contribution in [0.3, 0.4) is 0 Å². The molecule has 254 valence electrons. The lowest BCUT2D eigenvalue weighted by Crippen LogP contribution is -2.59. The van der Waals surface area contributed by atoms with E-state index >= 15 is 4.39 Å². The number of likely N-dealkylation sites (tertiary alicyclic amines) is 1. The number of nitrogen functional groups attached to an aromatic ring is 1. The number of aromatic nitrogens is 3. The summed E-state index contributed by atoms with van der Waals surface area (Å²) in [5, 5.41) is 10.2. The lowest BCUT2D eigenvalue weighted by atomic mass is 9.91. The Kier molecular flexibility index (Phi) is 9.07. The minimum Gasteiger partial charge on any atom is -0.457 e. The van der Waals surface area contributed by atoms with E-state index < -0.39 is 11.4 Å². The Bertz CT molecular complexity index is 1910. The number of amides is 1. The van der Waals surface area contributed by atoms with E-state index in [1.807, 2.05) is 30.5 Å². The van der Waals surface area contributed by atoms with Gasteiger partial charge in [-0.25, -0.2) is 14.4 Å². The molecule has 3 aliphatic heterocycles. The number of nitrogens with two attached hydrogens (primary N) is 1. The van der Waals surface area contributed by atoms with Crippen LogP contribution in [0.15, 0.2) is 72.7 Å². The van der Waals surface area contributed by atoms with Gasteiger partial charge in [0.1, 0.15) is 35.0 Å². The molecule has 0 bridgehead atoms. The molecule has 0 saturated carbocycles. The van der Waals surface area contributed by atoms with E-state index in [1.165, 1.54) is 12.4 Å². The number of benzene rings is 2. The number of carbonyl (C=O) groups excluding carboxylic acids is 1. The van der Waals surface area contributed by atoms with Crippen LogP contribution in [-0.2, 0) is 9.53 Å². The first kappa shape index (κ1) is 32.7. The molecule has 49 heavy (non-hydrogen) atoms. The number of nitrogens with zero attached hydrogens (tertiary/aromatic N) is 7. The summed E-state index contributed by atoms with van der Waals surface area (Å²) in [6, 6.07) is 16.6. The molecule has 0 unspecified atom stereocenters. The third kappa shape index (κ3) is 6.62. The van der Waals surface area contributed by atoms with E-state index in [2.05, 4.69) is 39.7 Å². The molecule has 1 atom stereocenters. The Morgan fingerprint density at radius 1 is 1.08 bits per heavy atom. The molecular formula is C37H41FN8O3. The van der Waals surface area contributed by atoms with Gasteiger partial charge in [-0.2, -0.15) is 5.26 Å². The van der Waals surface area contributed by atoms with Gasteiger partial charge in [0.15, 0.2) is 11.6 Å². The van der Waals surface area contributed by atoms with Crippen LogP contribution in [0.2, 0.25) is 0 Å². The number of halogens is 1. The largest absolute Gasteiger partial charge is 0.457 e. The molecule has 7 rings (SSSR count). The average Bonchev–Trinajstić information content (AvgIpc) is 3.48. The summed E-state index contributed by atoms with van der Waals surface area (Å²) < 4.78 is 28.6. The van der Waals surface area contributed by atoms with E-state index in [9.17, 15) is 10.1 Å². The van der Waals surface area contributed by atoms with Gasteiger partial charge in [0.2, 0.25) is 0 Å². The van der Waals surface area contributed by atoms with Crippen molar-refractivity contribution in [2.45, 2.75) is 44.2 Å². The van der Waals surface area contributed by atoms with Crippen LogP contribution in [0.5, 0.6) is 11.5 Å². The van der Waals surface area contributed by atoms with Crippen molar-refractivity contribution >= 4 is 22.8 Å². The van der Waals surface area contributed by atoms with Crippen LogP contribution in [0.1, 0.15) is 38.2 Å². The summed E-state index contributed by atoms with van der Waals surface area (Å²) in [6.07, 6.45) is 6.63. The highest BCUT2D eigenvalue weighted by Crippen LogP contribution is 2.37. The first-order valence-corrected chi connectivity index (χ1v) is 16.8. The Hall–Kier alpha value is -4.83. The molecule has 0 radical (unpaired) electrons. The monoisotopic (exact) mass is 664 g/mol. The second-order valence-electron chi connectivity index (χ2n) is 13.6. The lowest BCUT2D eigenvalue weighted by Gasteiger charge is -2.46. The average molecular weight is 665 g/mol. The normalized spacial score (nSPS) is 19.8. The highest BCUT2D eigenvalue weighted by Gasteiger charge is 2.35. The number of piperidine rings is 1. The van der Waals surface area contributed by atoms with Gasteiger partial charge < -0.3 is 24.7 Å². The molecule has 2 aromatic heterocycles. The summed E-state index contributed by atoms with van der Waals surface area (Å²) >= 11 is 0. The van der Waals surface area contributed by atoms with Crippen molar-refractivity contribution < 1.29 is 18.7 Å². The number of anilines is 1. The molecule has 11 nitrogen and oxygen atoms in total. The lowest BCUT2D eigenvalue weighted by molar-refractivity contribution is -0.128. The van der Waals surface area contributed by atoms with E-state index in [0.29, 0.717) is 41.7 Å². The zero-order valence-electron chi connectivity index (χ0n) is 27.9. The molecule has 2 aromatic carbocycles. The van der Waals surface area contributed by atoms with Crippen LogP contribution < -0.4 is 10.5 Å². The predicted molar refractivity (Wildman–Crippen MR) is 184 cm³/mol. The predicted octanol–water partition coefficient (Wildman–Crippen LogP) is 4.89. The molecule has 4 aromatic rings. The van der Waals surface area contributed by atoms with Gasteiger partial charge in [0, 0.05) is 68.6 Å². The minimum absolute atomic E-state index is 0.101. The fourth-order valence-corrected chi connectivity index (χ4v) is 7.24. The van der Waals surface area contributed by atoms with Gasteiger partial charge >= 0.3 is 0 Å². The number of hydrogen-bond acceptors (Lipinski definition) is 9. The van der Waals surface area contributed by atoms with Gasteiger partial charge in [-0.05, 0) is 57.0 Å². The van der Waals surface area contributed by atoms with Crippen molar-refractivity contribution in [1.29, 1.82) is 5.26 Å². The van der Waals surface area contributed by atoms with Crippen molar-refractivity contribution in [2.75, 3.05) is 58.2 Å². The SMILES string of the molecule is CC(C)(/C=C(/C#N)C(=O)N1CCC[C@@H](c2cn(-c3ccc(Oc4ccccc4)cc3F)c3c(N)ncnc23)C1)N1CCN(C2COC2)CC1. The third-order valence-electron chi connectivity index (χ3n) is 10.1. The zero-order chi connectivity index (χ0) is 34.1. The molecule has 1 amide bonds. The van der Waals surface area contributed by atoms with Crippen LogP contribution in [-0.4, -0.2) is 99.2 Å². The highest BCUT2D eigenvalue weighted by atomic mass is 19.1. The van der Waals surface area contributed by atoms with Gasteiger partial charge in [-0.3, -0.25) is 14.6 Å². The van der Waals surface area contributed by atoms with Crippen LogP contribution >= 0.6 is 0 Å². The van der Waals surface area contributed by atoms with Crippen LogP contribution in [0.25, 0.3) is 16.7 Å². The number of ether oxygens (including phenoxy) is 2. The second-order valence-corrected chi connectivity index (χ2v) is 13.6. The quantitative estimate of drug-likeness (QED) is 0.207. The van der Waals surface area contributed by atoms with Crippen LogP contribution in [0, 0.1) is 17.1 Å². The van der Waals surface area contributed by atoms with Crippen molar-refractivity contribution in [2.24, 2.45) is 0 Å². The maximum absolute atomic E-state index is 15.7. The van der Waals surface area contributed by atoms with Crippen molar-refractivity contribution in [1.82, 2.24) is 29.2 Å². The number of rotatable bonds is 8. The molecule has 5 heterocycles. The number of piperazine rings is 1. The second kappa shape index (κ2) is 13.6. The number of carbonyl (C=O) groups is 1. The highest BCUT2D eigenvalue weighted by molar-refractivity contribution is 5.97. The molecule has 3 saturated heterocycles. The molecule has 2 N–H and O–H groups in total. The number of hydrogen-bond donors (Lipinski definition) is 1. The molecular weight excluding hydrogens is 623 g/mol.